The monoisotopic (exact) mass is 365 g/mol. The third-order valence-electron chi connectivity index (χ3n) is 6.77. The summed E-state index contributed by atoms with van der Waals surface area (Å²) in [6, 6.07) is 5.22. The van der Waals surface area contributed by atoms with Crippen molar-refractivity contribution in [3.8, 4) is 0 Å². The lowest BCUT2D eigenvalue weighted by atomic mass is 9.76. The summed E-state index contributed by atoms with van der Waals surface area (Å²) in [5, 5.41) is 0. The molecule has 1 heteroatoms. The Hall–Kier alpha value is -1.46. The highest BCUT2D eigenvalue weighted by Crippen LogP contribution is 2.45. The number of benzene rings is 1. The molecule has 0 unspecified atom stereocenters. The van der Waals surface area contributed by atoms with Crippen LogP contribution in [-0.2, 0) is 25.7 Å². The summed E-state index contributed by atoms with van der Waals surface area (Å²) in [5.41, 5.74) is 10.1. The van der Waals surface area contributed by atoms with Gasteiger partial charge in [0.15, 0.2) is 0 Å². The Morgan fingerprint density at radius 2 is 1.44 bits per heavy atom. The van der Waals surface area contributed by atoms with Crippen molar-refractivity contribution < 1.29 is 0 Å². The van der Waals surface area contributed by atoms with E-state index in [9.17, 15) is 0 Å². The second-order valence-corrected chi connectivity index (χ2v) is 9.98. The van der Waals surface area contributed by atoms with Gasteiger partial charge in [0, 0.05) is 19.3 Å². The summed E-state index contributed by atoms with van der Waals surface area (Å²) in [5.74, 6) is 1.56. The zero-order chi connectivity index (χ0) is 19.4. The summed E-state index contributed by atoms with van der Waals surface area (Å²) >= 11 is 0. The third-order valence-corrected chi connectivity index (χ3v) is 6.77. The maximum atomic E-state index is 3.73. The molecule has 0 aromatic heterocycles. The van der Waals surface area contributed by atoms with Crippen molar-refractivity contribution in [2.75, 3.05) is 13.1 Å². The summed E-state index contributed by atoms with van der Waals surface area (Å²) < 4.78 is 0. The molecule has 1 aliphatic heterocycles. The average molecular weight is 366 g/mol. The van der Waals surface area contributed by atoms with Gasteiger partial charge in [-0.15, -0.1) is 5.73 Å². The van der Waals surface area contributed by atoms with Crippen LogP contribution in [0.25, 0.3) is 0 Å². The van der Waals surface area contributed by atoms with Gasteiger partial charge < -0.3 is 4.90 Å². The molecule has 27 heavy (non-hydrogen) atoms. The Kier molecular flexibility index (Phi) is 6.53. The van der Waals surface area contributed by atoms with Crippen molar-refractivity contribution in [3.63, 3.8) is 0 Å². The Balaban J connectivity index is 1.77. The summed E-state index contributed by atoms with van der Waals surface area (Å²) in [7, 11) is 0. The van der Waals surface area contributed by atoms with E-state index in [1.165, 1.54) is 51.4 Å². The van der Waals surface area contributed by atoms with Crippen LogP contribution in [0.1, 0.15) is 75.6 Å². The van der Waals surface area contributed by atoms with Crippen LogP contribution in [0.3, 0.4) is 0 Å². The van der Waals surface area contributed by atoms with E-state index >= 15 is 0 Å². The molecule has 1 aromatic carbocycles. The quantitative estimate of drug-likeness (QED) is 0.509. The van der Waals surface area contributed by atoms with Gasteiger partial charge in [0.05, 0.1) is 0 Å². The molecule has 0 bridgehead atoms. The van der Waals surface area contributed by atoms with Crippen molar-refractivity contribution >= 4 is 0 Å². The van der Waals surface area contributed by atoms with Gasteiger partial charge in [0.25, 0.3) is 0 Å². The van der Waals surface area contributed by atoms with Crippen molar-refractivity contribution in [1.29, 1.82) is 0 Å². The van der Waals surface area contributed by atoms with Crippen LogP contribution >= 0.6 is 0 Å². The molecule has 0 atom stereocenters. The Labute approximate surface area is 167 Å². The van der Waals surface area contributed by atoms with Gasteiger partial charge in [0.1, 0.15) is 0 Å². The van der Waals surface area contributed by atoms with Gasteiger partial charge in [-0.1, -0.05) is 46.4 Å². The molecule has 1 heterocycles. The molecule has 1 aromatic rings. The number of hydrogen-bond acceptors (Lipinski definition) is 1. The van der Waals surface area contributed by atoms with Crippen molar-refractivity contribution in [1.82, 2.24) is 4.90 Å². The molecule has 148 valence electrons. The minimum atomic E-state index is 0.514. The highest BCUT2D eigenvalue weighted by molar-refractivity contribution is 5.43. The fraction of sp³-hybridized carbons (Fsp3) is 0.654. The van der Waals surface area contributed by atoms with Gasteiger partial charge in [-0.2, -0.15) is 0 Å². The second kappa shape index (κ2) is 8.70. The third kappa shape index (κ3) is 5.08. The smallest absolute Gasteiger partial charge is 0.0417 e. The van der Waals surface area contributed by atoms with E-state index in [-0.39, 0.29) is 0 Å². The number of piperidine rings is 1. The van der Waals surface area contributed by atoms with Crippen LogP contribution in [0, 0.1) is 17.3 Å². The maximum Gasteiger partial charge on any atom is 0.0417 e. The van der Waals surface area contributed by atoms with E-state index < -0.39 is 0 Å². The fourth-order valence-electron chi connectivity index (χ4n) is 4.95. The first kappa shape index (κ1) is 20.3. The normalized spacial score (nSPS) is 18.2. The van der Waals surface area contributed by atoms with E-state index in [4.69, 9.17) is 0 Å². The van der Waals surface area contributed by atoms with Gasteiger partial charge in [-0.3, -0.25) is 0 Å². The first-order valence-electron chi connectivity index (χ1n) is 11.1. The van der Waals surface area contributed by atoms with E-state index in [0.717, 1.165) is 24.9 Å². The predicted molar refractivity (Wildman–Crippen MR) is 117 cm³/mol. The summed E-state index contributed by atoms with van der Waals surface area (Å²) in [6.45, 7) is 15.5. The number of hydrogen-bond donors (Lipinski definition) is 0. The van der Waals surface area contributed by atoms with E-state index in [1.807, 2.05) is 6.20 Å². The number of fused-ring (bicyclic) bond motifs is 1. The van der Waals surface area contributed by atoms with Crippen LogP contribution in [0.5, 0.6) is 0 Å². The lowest BCUT2D eigenvalue weighted by molar-refractivity contribution is 0.145. The Morgan fingerprint density at radius 3 is 1.85 bits per heavy atom. The molecule has 1 fully saturated rings. The van der Waals surface area contributed by atoms with E-state index in [0.29, 0.717) is 5.41 Å². The van der Waals surface area contributed by atoms with Crippen molar-refractivity contribution in [3.05, 3.63) is 52.9 Å². The van der Waals surface area contributed by atoms with E-state index in [2.05, 4.69) is 57.0 Å². The largest absolute Gasteiger partial charge is 0.371 e. The first-order valence-corrected chi connectivity index (χ1v) is 11.1. The molecule has 1 nitrogen and oxygen atoms in total. The van der Waals surface area contributed by atoms with Crippen LogP contribution in [0.2, 0.25) is 0 Å². The van der Waals surface area contributed by atoms with Crippen molar-refractivity contribution in [2.45, 2.75) is 79.1 Å². The highest BCUT2D eigenvalue weighted by atomic mass is 15.1. The molecule has 0 amide bonds. The maximum absolute atomic E-state index is 3.73. The fourth-order valence-corrected chi connectivity index (χ4v) is 4.95. The molecule has 1 aliphatic carbocycles. The molecule has 0 saturated carbocycles. The topological polar surface area (TPSA) is 3.24 Å². The minimum Gasteiger partial charge on any atom is -0.371 e. The number of rotatable bonds is 7. The van der Waals surface area contributed by atoms with Crippen LogP contribution in [0.15, 0.2) is 30.6 Å². The van der Waals surface area contributed by atoms with Gasteiger partial charge in [0.2, 0.25) is 0 Å². The Morgan fingerprint density at radius 1 is 0.963 bits per heavy atom. The molecule has 3 rings (SSSR count). The zero-order valence-corrected chi connectivity index (χ0v) is 18.1. The van der Waals surface area contributed by atoms with Gasteiger partial charge in [-0.05, 0) is 90.9 Å². The number of aryl methyl sites for hydroxylation is 2. The molecule has 1 spiro atoms. The molecular formula is C26H39N. The van der Waals surface area contributed by atoms with Crippen LogP contribution in [-0.4, -0.2) is 18.0 Å². The summed E-state index contributed by atoms with van der Waals surface area (Å²) in [6.07, 6.45) is 12.4. The average Bonchev–Trinajstić information content (AvgIpc) is 2.96. The Bertz CT molecular complexity index is 639. The molecule has 0 N–H and O–H groups in total. The lowest BCUT2D eigenvalue weighted by Crippen LogP contribution is -2.37. The second-order valence-electron chi connectivity index (χ2n) is 9.98. The molecule has 2 aliphatic rings. The van der Waals surface area contributed by atoms with E-state index in [1.54, 1.807) is 22.3 Å². The standard InChI is InChI=1S/C26H39N/c1-6-13-27-14-11-26(12-15-27)18-24-16-22(9-7-20(2)3)23(10-8-21(4)5)17-25(24)19-26/h13,16-17,20-21H,1,7-12,14-15,18-19H2,2-5H3. The van der Waals surface area contributed by atoms with Crippen LogP contribution < -0.4 is 0 Å². The summed E-state index contributed by atoms with van der Waals surface area (Å²) in [4.78, 5) is 2.39. The molecule has 1 saturated heterocycles. The predicted octanol–water partition coefficient (Wildman–Crippen LogP) is 6.34. The minimum absolute atomic E-state index is 0.514. The zero-order valence-electron chi connectivity index (χ0n) is 18.1. The first-order chi connectivity index (χ1) is 12.9. The lowest BCUT2D eigenvalue weighted by Gasteiger charge is -2.38. The number of nitrogens with zero attached hydrogens (tertiary/aromatic N) is 1. The van der Waals surface area contributed by atoms with Crippen molar-refractivity contribution in [2.24, 2.45) is 17.3 Å². The van der Waals surface area contributed by atoms with Gasteiger partial charge >= 0.3 is 0 Å². The molecular weight excluding hydrogens is 326 g/mol. The highest BCUT2D eigenvalue weighted by Gasteiger charge is 2.39. The SMILES string of the molecule is C=C=CN1CCC2(CC1)Cc1cc(CCC(C)C)c(CCC(C)C)cc1C2. The van der Waals surface area contributed by atoms with Crippen LogP contribution in [0.4, 0.5) is 0 Å². The molecule has 0 radical (unpaired) electrons. The number of likely N-dealkylation sites (tertiary alicyclic amines) is 1. The van der Waals surface area contributed by atoms with Gasteiger partial charge in [-0.25, -0.2) is 0 Å².